The summed E-state index contributed by atoms with van der Waals surface area (Å²) in [6, 6.07) is 12.8. The first kappa shape index (κ1) is 16.8. The lowest BCUT2D eigenvalue weighted by molar-refractivity contribution is 0.0593. The van der Waals surface area contributed by atoms with E-state index >= 15 is 0 Å². The van der Waals surface area contributed by atoms with E-state index in [1.165, 1.54) is 36.8 Å². The maximum Gasteiger partial charge on any atom is 0.356 e. The molecule has 0 spiro atoms. The molecule has 6 nitrogen and oxygen atoms in total. The van der Waals surface area contributed by atoms with E-state index in [0.29, 0.717) is 10.7 Å². The van der Waals surface area contributed by atoms with Crippen molar-refractivity contribution in [3.8, 4) is 10.4 Å². The summed E-state index contributed by atoms with van der Waals surface area (Å²) in [6.07, 6.45) is 1.33. The lowest BCUT2D eigenvalue weighted by Crippen LogP contribution is -2.13. The average molecular weight is 353 g/mol. The number of aryl methyl sites for hydroxylation is 1. The molecule has 25 heavy (non-hydrogen) atoms. The van der Waals surface area contributed by atoms with Gasteiger partial charge < -0.3 is 4.74 Å². The number of ether oxygens (including phenoxy) is 1. The number of carbonyl (C=O) groups is 2. The molecule has 2 heterocycles. The Bertz CT molecular complexity index is 905. The molecular formula is C18H15N3O3S. The van der Waals surface area contributed by atoms with E-state index in [0.717, 1.165) is 16.1 Å². The van der Waals surface area contributed by atoms with Crippen LogP contribution in [0.5, 0.6) is 0 Å². The molecule has 0 saturated carbocycles. The van der Waals surface area contributed by atoms with Gasteiger partial charge in [-0.3, -0.25) is 10.1 Å². The number of pyridine rings is 1. The molecule has 0 radical (unpaired) electrons. The largest absolute Gasteiger partial charge is 0.464 e. The van der Waals surface area contributed by atoms with E-state index in [2.05, 4.69) is 20.0 Å². The minimum absolute atomic E-state index is 0.149. The first-order chi connectivity index (χ1) is 12.1. The highest BCUT2D eigenvalue weighted by atomic mass is 32.1. The Kier molecular flexibility index (Phi) is 4.85. The summed E-state index contributed by atoms with van der Waals surface area (Å²) in [6.45, 7) is 1.90. The number of anilines is 1. The van der Waals surface area contributed by atoms with Crippen LogP contribution in [-0.2, 0) is 4.74 Å². The van der Waals surface area contributed by atoms with Crippen LogP contribution in [0.25, 0.3) is 10.4 Å². The molecular weight excluding hydrogens is 338 g/mol. The van der Waals surface area contributed by atoms with Crippen LogP contribution in [0.3, 0.4) is 0 Å². The molecule has 1 aromatic carbocycles. The van der Waals surface area contributed by atoms with E-state index in [4.69, 9.17) is 0 Å². The van der Waals surface area contributed by atoms with Gasteiger partial charge >= 0.3 is 5.97 Å². The molecule has 0 aliphatic rings. The Balaban J connectivity index is 1.76. The average Bonchev–Trinajstić information content (AvgIpc) is 3.02. The van der Waals surface area contributed by atoms with Gasteiger partial charge in [0.1, 0.15) is 5.69 Å². The third-order valence-corrected chi connectivity index (χ3v) is 4.60. The number of esters is 1. The zero-order chi connectivity index (χ0) is 17.8. The fourth-order valence-corrected chi connectivity index (χ4v) is 3.20. The van der Waals surface area contributed by atoms with E-state index in [1.54, 1.807) is 0 Å². The molecule has 126 valence electrons. The third kappa shape index (κ3) is 3.72. The molecule has 0 bridgehead atoms. The predicted molar refractivity (Wildman–Crippen MR) is 95.8 cm³/mol. The molecule has 3 aromatic rings. The number of nitrogens with zero attached hydrogens (tertiary/aromatic N) is 2. The number of thiazole rings is 1. The van der Waals surface area contributed by atoms with Crippen molar-refractivity contribution in [3.05, 3.63) is 65.6 Å². The second-order valence-corrected chi connectivity index (χ2v) is 6.18. The second-order valence-electron chi connectivity index (χ2n) is 5.18. The quantitative estimate of drug-likeness (QED) is 0.726. The van der Waals surface area contributed by atoms with Crippen LogP contribution in [0.15, 0.2) is 48.7 Å². The summed E-state index contributed by atoms with van der Waals surface area (Å²) in [5, 5.41) is 3.28. The van der Waals surface area contributed by atoms with E-state index in [-0.39, 0.29) is 11.6 Å². The maximum atomic E-state index is 12.3. The van der Waals surface area contributed by atoms with E-state index in [1.807, 2.05) is 37.3 Å². The normalized spacial score (nSPS) is 10.3. The Hall–Kier alpha value is -3.06. The summed E-state index contributed by atoms with van der Waals surface area (Å²) in [5.74, 6) is -0.882. The van der Waals surface area contributed by atoms with E-state index in [9.17, 15) is 9.59 Å². The lowest BCUT2D eigenvalue weighted by Gasteiger charge is -2.02. The van der Waals surface area contributed by atoms with Crippen molar-refractivity contribution in [2.45, 2.75) is 6.92 Å². The molecule has 0 unspecified atom stereocenters. The highest BCUT2D eigenvalue weighted by Gasteiger charge is 2.14. The minimum Gasteiger partial charge on any atom is -0.464 e. The van der Waals surface area contributed by atoms with Crippen LogP contribution in [0.1, 0.15) is 26.5 Å². The number of nitrogens with one attached hydrogen (secondary N) is 1. The summed E-state index contributed by atoms with van der Waals surface area (Å²) in [5.41, 5.74) is 2.39. The number of methoxy groups -OCH3 is 1. The van der Waals surface area contributed by atoms with Gasteiger partial charge in [-0.05, 0) is 24.6 Å². The van der Waals surface area contributed by atoms with Gasteiger partial charge in [-0.2, -0.15) is 0 Å². The highest BCUT2D eigenvalue weighted by Crippen LogP contribution is 2.32. The Labute approximate surface area is 148 Å². The van der Waals surface area contributed by atoms with Crippen molar-refractivity contribution in [2.24, 2.45) is 0 Å². The minimum atomic E-state index is -0.546. The molecule has 2 aromatic heterocycles. The van der Waals surface area contributed by atoms with Crippen molar-refractivity contribution in [3.63, 3.8) is 0 Å². The van der Waals surface area contributed by atoms with Gasteiger partial charge in [0, 0.05) is 6.20 Å². The van der Waals surface area contributed by atoms with Crippen LogP contribution in [-0.4, -0.2) is 29.0 Å². The fourth-order valence-electron chi connectivity index (χ4n) is 2.23. The fraction of sp³-hybridized carbons (Fsp3) is 0.111. The number of carbonyl (C=O) groups excluding carboxylic acids is 2. The standard InChI is InChI=1S/C18H15N3O3S/c1-11-15(12-6-4-3-5-7-12)25-18(20-11)21-16(22)13-8-9-14(19-10-13)17(23)24-2/h3-10H,1-2H3,(H,20,21,22). The van der Waals surface area contributed by atoms with Gasteiger partial charge in [0.2, 0.25) is 0 Å². The molecule has 0 saturated heterocycles. The maximum absolute atomic E-state index is 12.3. The van der Waals surface area contributed by atoms with Gasteiger partial charge in [-0.15, -0.1) is 0 Å². The Morgan fingerprint density at radius 2 is 1.88 bits per heavy atom. The number of aromatic nitrogens is 2. The van der Waals surface area contributed by atoms with Crippen LogP contribution >= 0.6 is 11.3 Å². The summed E-state index contributed by atoms with van der Waals surface area (Å²) in [4.78, 5) is 33.0. The number of amides is 1. The Morgan fingerprint density at radius 1 is 1.12 bits per heavy atom. The topological polar surface area (TPSA) is 81.2 Å². The van der Waals surface area contributed by atoms with Crippen LogP contribution in [0.4, 0.5) is 5.13 Å². The number of hydrogen-bond acceptors (Lipinski definition) is 6. The van der Waals surface area contributed by atoms with Gasteiger partial charge in [0.15, 0.2) is 5.13 Å². The number of hydrogen-bond donors (Lipinski definition) is 1. The van der Waals surface area contributed by atoms with Crippen molar-refractivity contribution >= 4 is 28.3 Å². The summed E-state index contributed by atoms with van der Waals surface area (Å²) in [7, 11) is 1.28. The number of rotatable bonds is 4. The molecule has 0 atom stereocenters. The van der Waals surface area contributed by atoms with Gasteiger partial charge in [-0.25, -0.2) is 14.8 Å². The molecule has 0 aliphatic carbocycles. The molecule has 0 fully saturated rings. The van der Waals surface area contributed by atoms with Gasteiger partial charge in [-0.1, -0.05) is 41.7 Å². The first-order valence-corrected chi connectivity index (χ1v) is 8.28. The van der Waals surface area contributed by atoms with Crippen molar-refractivity contribution < 1.29 is 14.3 Å². The van der Waals surface area contributed by atoms with Crippen LogP contribution in [0, 0.1) is 6.92 Å². The smallest absolute Gasteiger partial charge is 0.356 e. The molecule has 1 amide bonds. The summed E-state index contributed by atoms with van der Waals surface area (Å²) < 4.78 is 4.58. The molecule has 7 heteroatoms. The zero-order valence-electron chi connectivity index (χ0n) is 13.6. The third-order valence-electron chi connectivity index (χ3n) is 3.47. The van der Waals surface area contributed by atoms with Crippen LogP contribution < -0.4 is 5.32 Å². The Morgan fingerprint density at radius 3 is 2.52 bits per heavy atom. The zero-order valence-corrected chi connectivity index (χ0v) is 14.5. The first-order valence-electron chi connectivity index (χ1n) is 7.47. The highest BCUT2D eigenvalue weighted by molar-refractivity contribution is 7.19. The number of benzene rings is 1. The second kappa shape index (κ2) is 7.23. The van der Waals surface area contributed by atoms with Gasteiger partial charge in [0.05, 0.1) is 23.2 Å². The van der Waals surface area contributed by atoms with Gasteiger partial charge in [0.25, 0.3) is 5.91 Å². The molecule has 1 N–H and O–H groups in total. The SMILES string of the molecule is COC(=O)c1ccc(C(=O)Nc2nc(C)c(-c3ccccc3)s2)cn1. The summed E-state index contributed by atoms with van der Waals surface area (Å²) >= 11 is 1.41. The van der Waals surface area contributed by atoms with Crippen molar-refractivity contribution in [2.75, 3.05) is 12.4 Å². The molecule has 3 rings (SSSR count). The van der Waals surface area contributed by atoms with Crippen molar-refractivity contribution in [1.29, 1.82) is 0 Å². The lowest BCUT2D eigenvalue weighted by atomic mass is 10.2. The van der Waals surface area contributed by atoms with Crippen molar-refractivity contribution in [1.82, 2.24) is 9.97 Å². The monoisotopic (exact) mass is 353 g/mol. The van der Waals surface area contributed by atoms with Crippen LogP contribution in [0.2, 0.25) is 0 Å². The predicted octanol–water partition coefficient (Wildman–Crippen LogP) is 3.55. The molecule has 0 aliphatic heterocycles. The van der Waals surface area contributed by atoms with E-state index < -0.39 is 5.97 Å².